The van der Waals surface area contributed by atoms with Crippen molar-refractivity contribution in [3.8, 4) is 6.07 Å². The smallest absolute Gasteiger partial charge is 0.201 e. The molecule has 0 amide bonds. The minimum absolute atomic E-state index is 0.495. The molecule has 6 heteroatoms. The van der Waals surface area contributed by atoms with Crippen LogP contribution in [0.25, 0.3) is 11.0 Å². The normalized spacial score (nSPS) is 16.4. The Kier molecular flexibility index (Phi) is 3.81. The lowest BCUT2D eigenvalue weighted by molar-refractivity contribution is 0.291. The molecule has 0 aliphatic carbocycles. The Morgan fingerprint density at radius 1 is 1.30 bits per heavy atom. The van der Waals surface area contributed by atoms with Crippen LogP contribution >= 0.6 is 11.8 Å². The number of rotatable bonds is 3. The first-order valence-corrected chi connectivity index (χ1v) is 7.90. The van der Waals surface area contributed by atoms with Gasteiger partial charge < -0.3 is 10.3 Å². The fourth-order valence-electron chi connectivity index (χ4n) is 2.56. The molecule has 20 heavy (non-hydrogen) atoms. The van der Waals surface area contributed by atoms with Crippen molar-refractivity contribution in [3.05, 3.63) is 23.8 Å². The molecule has 0 unspecified atom stereocenters. The zero-order valence-corrected chi connectivity index (χ0v) is 12.1. The van der Waals surface area contributed by atoms with Gasteiger partial charge in [0.25, 0.3) is 0 Å². The summed E-state index contributed by atoms with van der Waals surface area (Å²) in [5.41, 5.74) is 8.26. The summed E-state index contributed by atoms with van der Waals surface area (Å²) >= 11 is 2.01. The largest absolute Gasteiger partial charge is 0.369 e. The van der Waals surface area contributed by atoms with E-state index in [1.54, 1.807) is 6.07 Å². The van der Waals surface area contributed by atoms with E-state index in [0.29, 0.717) is 17.0 Å². The van der Waals surface area contributed by atoms with E-state index in [1.807, 2.05) is 28.5 Å². The maximum absolute atomic E-state index is 9.12. The molecule has 5 nitrogen and oxygen atoms in total. The third-order valence-corrected chi connectivity index (χ3v) is 4.61. The van der Waals surface area contributed by atoms with Gasteiger partial charge in [0.2, 0.25) is 5.95 Å². The summed E-state index contributed by atoms with van der Waals surface area (Å²) in [7, 11) is 0. The minimum Gasteiger partial charge on any atom is -0.369 e. The Hall–Kier alpha value is -1.71. The van der Waals surface area contributed by atoms with Crippen molar-refractivity contribution in [2.24, 2.45) is 0 Å². The Bertz CT molecular complexity index is 651. The fraction of sp³-hybridized carbons (Fsp3) is 0.429. The van der Waals surface area contributed by atoms with Crippen LogP contribution < -0.4 is 5.73 Å². The van der Waals surface area contributed by atoms with Crippen molar-refractivity contribution in [1.29, 1.82) is 5.26 Å². The predicted octanol–water partition coefficient (Wildman–Crippen LogP) is 1.54. The number of hydrogen-bond donors (Lipinski definition) is 1. The summed E-state index contributed by atoms with van der Waals surface area (Å²) in [4.78, 5) is 6.80. The number of aromatic nitrogens is 2. The molecule has 1 aromatic heterocycles. The SMILES string of the molecule is N#Cc1cccc2c1nc(N)n2CCN1CCSCC1. The van der Waals surface area contributed by atoms with E-state index in [1.165, 1.54) is 11.5 Å². The highest BCUT2D eigenvalue weighted by molar-refractivity contribution is 7.99. The minimum atomic E-state index is 0.495. The molecule has 1 fully saturated rings. The zero-order chi connectivity index (χ0) is 13.9. The quantitative estimate of drug-likeness (QED) is 0.927. The second-order valence-electron chi connectivity index (χ2n) is 4.86. The lowest BCUT2D eigenvalue weighted by atomic mass is 10.2. The van der Waals surface area contributed by atoms with E-state index in [0.717, 1.165) is 31.7 Å². The first kappa shape index (κ1) is 13.3. The van der Waals surface area contributed by atoms with Gasteiger partial charge in [-0.05, 0) is 12.1 Å². The molecule has 0 bridgehead atoms. The first-order chi connectivity index (χ1) is 9.79. The van der Waals surface area contributed by atoms with Crippen LogP contribution in [-0.2, 0) is 6.54 Å². The van der Waals surface area contributed by atoms with Gasteiger partial charge in [0, 0.05) is 37.7 Å². The Labute approximate surface area is 122 Å². The molecule has 1 aliphatic heterocycles. The Balaban J connectivity index is 1.84. The van der Waals surface area contributed by atoms with Gasteiger partial charge >= 0.3 is 0 Å². The number of para-hydroxylation sites is 1. The number of anilines is 1. The zero-order valence-electron chi connectivity index (χ0n) is 11.2. The van der Waals surface area contributed by atoms with E-state index < -0.39 is 0 Å². The number of nitrogens with zero attached hydrogens (tertiary/aromatic N) is 4. The van der Waals surface area contributed by atoms with Crippen molar-refractivity contribution in [1.82, 2.24) is 14.5 Å². The van der Waals surface area contributed by atoms with E-state index in [4.69, 9.17) is 11.0 Å². The van der Waals surface area contributed by atoms with Crippen LogP contribution in [0.1, 0.15) is 5.56 Å². The van der Waals surface area contributed by atoms with Crippen LogP contribution in [0.15, 0.2) is 18.2 Å². The maximum Gasteiger partial charge on any atom is 0.201 e. The van der Waals surface area contributed by atoms with Crippen molar-refractivity contribution in [3.63, 3.8) is 0 Å². The molecular formula is C14H17N5S. The standard InChI is InChI=1S/C14H17N5S/c15-10-11-2-1-3-12-13(11)17-14(16)19(12)5-4-18-6-8-20-9-7-18/h1-3H,4-9H2,(H2,16,17). The molecule has 2 aromatic rings. The van der Waals surface area contributed by atoms with Gasteiger partial charge in [0.1, 0.15) is 11.6 Å². The summed E-state index contributed by atoms with van der Waals surface area (Å²) in [6.07, 6.45) is 0. The van der Waals surface area contributed by atoms with E-state index >= 15 is 0 Å². The average Bonchev–Trinajstić information content (AvgIpc) is 2.81. The van der Waals surface area contributed by atoms with Crippen LogP contribution in [0.4, 0.5) is 5.95 Å². The van der Waals surface area contributed by atoms with Crippen LogP contribution in [0.2, 0.25) is 0 Å². The van der Waals surface area contributed by atoms with Gasteiger partial charge in [-0.15, -0.1) is 0 Å². The van der Waals surface area contributed by atoms with Crippen LogP contribution in [0.3, 0.4) is 0 Å². The Morgan fingerprint density at radius 2 is 2.10 bits per heavy atom. The number of nitrogen functional groups attached to an aromatic ring is 1. The molecule has 104 valence electrons. The van der Waals surface area contributed by atoms with Crippen molar-refractivity contribution < 1.29 is 0 Å². The highest BCUT2D eigenvalue weighted by atomic mass is 32.2. The van der Waals surface area contributed by atoms with Crippen molar-refractivity contribution >= 4 is 28.7 Å². The number of nitrogens with two attached hydrogens (primary N) is 1. The van der Waals surface area contributed by atoms with Gasteiger partial charge in [-0.25, -0.2) is 4.98 Å². The second kappa shape index (κ2) is 5.73. The molecule has 0 saturated carbocycles. The number of hydrogen-bond acceptors (Lipinski definition) is 5. The number of fused-ring (bicyclic) bond motifs is 1. The molecule has 2 heterocycles. The van der Waals surface area contributed by atoms with E-state index in [-0.39, 0.29) is 0 Å². The molecule has 2 N–H and O–H groups in total. The lowest BCUT2D eigenvalue weighted by Crippen LogP contribution is -2.35. The maximum atomic E-state index is 9.12. The van der Waals surface area contributed by atoms with Gasteiger partial charge in [-0.1, -0.05) is 6.07 Å². The monoisotopic (exact) mass is 287 g/mol. The van der Waals surface area contributed by atoms with Crippen LogP contribution in [-0.4, -0.2) is 45.6 Å². The highest BCUT2D eigenvalue weighted by Crippen LogP contribution is 2.21. The fourth-order valence-corrected chi connectivity index (χ4v) is 3.54. The molecule has 0 radical (unpaired) electrons. The Morgan fingerprint density at radius 3 is 2.85 bits per heavy atom. The van der Waals surface area contributed by atoms with Crippen molar-refractivity contribution in [2.75, 3.05) is 36.9 Å². The third kappa shape index (κ3) is 2.47. The summed E-state index contributed by atoms with van der Waals surface area (Å²) in [5, 5.41) is 9.12. The third-order valence-electron chi connectivity index (χ3n) is 3.67. The molecule has 1 aromatic carbocycles. The lowest BCUT2D eigenvalue weighted by Gasteiger charge is -2.26. The van der Waals surface area contributed by atoms with E-state index in [9.17, 15) is 0 Å². The molecule has 3 rings (SSSR count). The number of thioether (sulfide) groups is 1. The number of benzene rings is 1. The average molecular weight is 287 g/mol. The summed E-state index contributed by atoms with van der Waals surface area (Å²) in [6.45, 7) is 4.08. The van der Waals surface area contributed by atoms with Crippen LogP contribution in [0.5, 0.6) is 0 Å². The number of nitriles is 1. The summed E-state index contributed by atoms with van der Waals surface area (Å²) in [5.74, 6) is 2.91. The van der Waals surface area contributed by atoms with E-state index in [2.05, 4.69) is 16.0 Å². The molecular weight excluding hydrogens is 270 g/mol. The topological polar surface area (TPSA) is 70.9 Å². The first-order valence-electron chi connectivity index (χ1n) is 6.74. The van der Waals surface area contributed by atoms with Gasteiger partial charge in [0.05, 0.1) is 11.1 Å². The van der Waals surface area contributed by atoms with Gasteiger partial charge in [0.15, 0.2) is 0 Å². The van der Waals surface area contributed by atoms with Crippen molar-refractivity contribution in [2.45, 2.75) is 6.54 Å². The predicted molar refractivity (Wildman–Crippen MR) is 82.6 cm³/mol. The van der Waals surface area contributed by atoms with Gasteiger partial charge in [-0.3, -0.25) is 4.90 Å². The molecule has 1 aliphatic rings. The number of imidazole rings is 1. The molecule has 0 spiro atoms. The highest BCUT2D eigenvalue weighted by Gasteiger charge is 2.14. The summed E-state index contributed by atoms with van der Waals surface area (Å²) < 4.78 is 2.01. The molecule has 0 atom stereocenters. The summed E-state index contributed by atoms with van der Waals surface area (Å²) in [6, 6.07) is 7.81. The second-order valence-corrected chi connectivity index (χ2v) is 6.09. The van der Waals surface area contributed by atoms with Crippen LogP contribution in [0, 0.1) is 11.3 Å². The van der Waals surface area contributed by atoms with Gasteiger partial charge in [-0.2, -0.15) is 17.0 Å². The molecule has 1 saturated heterocycles.